The highest BCUT2D eigenvalue weighted by Gasteiger charge is 2.33. The Hall–Kier alpha value is -1.94. The highest BCUT2D eigenvalue weighted by atomic mass is 35.5. The first-order valence-electron chi connectivity index (χ1n) is 9.03. The number of carbonyl (C=O) groups excluding carboxylic acids is 2. The van der Waals surface area contributed by atoms with Crippen molar-refractivity contribution < 1.29 is 22.7 Å². The molecular formula is C19H21ClN2O5S2. The molecule has 1 aromatic carbocycles. The molecule has 0 saturated carbocycles. The highest BCUT2D eigenvalue weighted by molar-refractivity contribution is 7.91. The van der Waals surface area contributed by atoms with Gasteiger partial charge in [-0.05, 0) is 48.9 Å². The molecule has 156 valence electrons. The monoisotopic (exact) mass is 456 g/mol. The number of amides is 1. The number of hydrogen-bond acceptors (Lipinski definition) is 6. The largest absolute Gasteiger partial charge is 0.455 e. The Morgan fingerprint density at radius 1 is 1.28 bits per heavy atom. The Balaban J connectivity index is 1.46. The molecule has 0 aliphatic carbocycles. The van der Waals surface area contributed by atoms with Gasteiger partial charge in [0.25, 0.3) is 15.9 Å². The van der Waals surface area contributed by atoms with Gasteiger partial charge in [0.05, 0.1) is 5.92 Å². The molecule has 1 aliphatic heterocycles. The molecule has 0 atom stereocenters. The van der Waals surface area contributed by atoms with Crippen molar-refractivity contribution in [3.63, 3.8) is 0 Å². The van der Waals surface area contributed by atoms with Crippen LogP contribution in [0.25, 0.3) is 0 Å². The summed E-state index contributed by atoms with van der Waals surface area (Å²) >= 11 is 7.19. The van der Waals surface area contributed by atoms with E-state index >= 15 is 0 Å². The van der Waals surface area contributed by atoms with E-state index in [9.17, 15) is 18.0 Å². The fourth-order valence-corrected chi connectivity index (χ4v) is 5.79. The molecule has 1 aliphatic rings. The first-order chi connectivity index (χ1) is 13.8. The summed E-state index contributed by atoms with van der Waals surface area (Å²) < 4.78 is 31.8. The number of aryl methyl sites for hydroxylation is 1. The summed E-state index contributed by atoms with van der Waals surface area (Å²) in [5, 5.41) is 4.87. The van der Waals surface area contributed by atoms with Crippen LogP contribution in [-0.2, 0) is 24.3 Å². The Labute approximate surface area is 178 Å². The average Bonchev–Trinajstić information content (AvgIpc) is 3.25. The van der Waals surface area contributed by atoms with Crippen LogP contribution in [0.2, 0.25) is 5.02 Å². The lowest BCUT2D eigenvalue weighted by atomic mass is 9.98. The second-order valence-electron chi connectivity index (χ2n) is 6.73. The van der Waals surface area contributed by atoms with Crippen LogP contribution in [0.15, 0.2) is 39.9 Å². The average molecular weight is 457 g/mol. The quantitative estimate of drug-likeness (QED) is 0.673. The topological polar surface area (TPSA) is 92.8 Å². The Morgan fingerprint density at radius 3 is 2.62 bits per heavy atom. The van der Waals surface area contributed by atoms with Crippen LogP contribution < -0.4 is 5.32 Å². The van der Waals surface area contributed by atoms with Gasteiger partial charge in [-0.3, -0.25) is 9.59 Å². The van der Waals surface area contributed by atoms with Gasteiger partial charge in [0.2, 0.25) is 0 Å². The molecule has 0 spiro atoms. The molecule has 3 rings (SSSR count). The van der Waals surface area contributed by atoms with E-state index in [-0.39, 0.29) is 13.1 Å². The number of benzene rings is 1. The van der Waals surface area contributed by atoms with E-state index in [2.05, 4.69) is 5.32 Å². The number of nitrogens with one attached hydrogen (secondary N) is 1. The van der Waals surface area contributed by atoms with Crippen LogP contribution in [0.3, 0.4) is 0 Å². The van der Waals surface area contributed by atoms with E-state index < -0.39 is 34.4 Å². The summed E-state index contributed by atoms with van der Waals surface area (Å²) in [6.45, 7) is 1.94. The minimum absolute atomic E-state index is 0.244. The molecule has 0 bridgehead atoms. The Bertz CT molecular complexity index is 984. The number of piperidine rings is 1. The third-order valence-corrected chi connectivity index (χ3v) is 8.36. The van der Waals surface area contributed by atoms with Crippen LogP contribution in [0.4, 0.5) is 5.69 Å². The maximum atomic E-state index is 12.5. The van der Waals surface area contributed by atoms with Gasteiger partial charge < -0.3 is 10.1 Å². The molecule has 10 heteroatoms. The molecule has 1 aromatic heterocycles. The smallest absolute Gasteiger partial charge is 0.309 e. The van der Waals surface area contributed by atoms with E-state index in [0.29, 0.717) is 27.8 Å². The normalized spacial score (nSPS) is 15.8. The molecule has 1 saturated heterocycles. The van der Waals surface area contributed by atoms with Crippen LogP contribution >= 0.6 is 22.9 Å². The number of halogens is 1. The van der Waals surface area contributed by atoms with Crippen molar-refractivity contribution in [2.75, 3.05) is 25.0 Å². The fourth-order valence-electron chi connectivity index (χ4n) is 2.99. The van der Waals surface area contributed by atoms with Crippen molar-refractivity contribution in [1.29, 1.82) is 0 Å². The third kappa shape index (κ3) is 5.36. The maximum absolute atomic E-state index is 12.5. The third-order valence-electron chi connectivity index (χ3n) is 4.68. The second kappa shape index (κ2) is 9.25. The molecular weight excluding hydrogens is 436 g/mol. The fraction of sp³-hybridized carbons (Fsp3) is 0.368. The molecule has 0 radical (unpaired) electrons. The van der Waals surface area contributed by atoms with E-state index in [1.165, 1.54) is 15.6 Å². The number of thiophene rings is 1. The van der Waals surface area contributed by atoms with E-state index in [1.54, 1.807) is 35.7 Å². The van der Waals surface area contributed by atoms with Crippen LogP contribution in [-0.4, -0.2) is 44.3 Å². The van der Waals surface area contributed by atoms with Gasteiger partial charge >= 0.3 is 5.97 Å². The lowest BCUT2D eigenvalue weighted by Crippen LogP contribution is -2.40. The van der Waals surface area contributed by atoms with Crippen LogP contribution in [0, 0.1) is 12.8 Å². The van der Waals surface area contributed by atoms with Crippen molar-refractivity contribution in [3.05, 3.63) is 46.3 Å². The van der Waals surface area contributed by atoms with Gasteiger partial charge in [-0.25, -0.2) is 8.42 Å². The van der Waals surface area contributed by atoms with Crippen LogP contribution in [0.1, 0.15) is 18.4 Å². The van der Waals surface area contributed by atoms with Crippen molar-refractivity contribution in [2.45, 2.75) is 24.0 Å². The predicted octanol–water partition coefficient (Wildman–Crippen LogP) is 3.29. The number of anilines is 1. The van der Waals surface area contributed by atoms with Crippen molar-refractivity contribution in [3.8, 4) is 0 Å². The number of nitrogens with zero attached hydrogens (tertiary/aromatic N) is 1. The Kier molecular flexibility index (Phi) is 6.94. The molecule has 1 fully saturated rings. The lowest BCUT2D eigenvalue weighted by molar-refractivity contribution is -0.152. The second-order valence-corrected chi connectivity index (χ2v) is 10.2. The van der Waals surface area contributed by atoms with Crippen LogP contribution in [0.5, 0.6) is 0 Å². The van der Waals surface area contributed by atoms with Crippen molar-refractivity contribution in [1.82, 2.24) is 4.31 Å². The molecule has 1 N–H and O–H groups in total. The number of rotatable bonds is 6. The van der Waals surface area contributed by atoms with Crippen molar-refractivity contribution in [2.24, 2.45) is 5.92 Å². The summed E-state index contributed by atoms with van der Waals surface area (Å²) in [4.78, 5) is 24.2. The zero-order chi connectivity index (χ0) is 21.0. The SMILES string of the molecule is Cc1ccc(NC(=O)COC(=O)C2CCN(S(=O)(=O)c3cccs3)CC2)cc1Cl. The molecule has 1 amide bonds. The standard InChI is InChI=1S/C19H21ClN2O5S2/c1-13-4-5-15(11-16(13)20)21-17(23)12-27-19(24)14-6-8-22(9-7-14)29(25,26)18-3-2-10-28-18/h2-5,10-11,14H,6-9,12H2,1H3,(H,21,23). The minimum atomic E-state index is -3.51. The van der Waals surface area contributed by atoms with E-state index in [0.717, 1.165) is 5.56 Å². The van der Waals surface area contributed by atoms with E-state index in [4.69, 9.17) is 16.3 Å². The van der Waals surface area contributed by atoms with E-state index in [1.807, 2.05) is 6.92 Å². The van der Waals surface area contributed by atoms with Gasteiger partial charge in [-0.15, -0.1) is 11.3 Å². The zero-order valence-electron chi connectivity index (χ0n) is 15.8. The van der Waals surface area contributed by atoms with Gasteiger partial charge in [0.1, 0.15) is 4.21 Å². The van der Waals surface area contributed by atoms with Gasteiger partial charge in [-0.2, -0.15) is 4.31 Å². The molecule has 7 nitrogen and oxygen atoms in total. The van der Waals surface area contributed by atoms with Gasteiger partial charge in [0.15, 0.2) is 6.61 Å². The molecule has 0 unspecified atom stereocenters. The number of ether oxygens (including phenoxy) is 1. The lowest BCUT2D eigenvalue weighted by Gasteiger charge is -2.29. The number of hydrogen-bond donors (Lipinski definition) is 1. The number of sulfonamides is 1. The summed E-state index contributed by atoms with van der Waals surface area (Å²) in [6, 6.07) is 8.38. The Morgan fingerprint density at radius 2 is 2.00 bits per heavy atom. The molecule has 29 heavy (non-hydrogen) atoms. The van der Waals surface area contributed by atoms with Crippen molar-refractivity contribution >= 4 is 50.5 Å². The number of carbonyl (C=O) groups is 2. The molecule has 2 aromatic rings. The zero-order valence-corrected chi connectivity index (χ0v) is 18.1. The summed E-state index contributed by atoms with van der Waals surface area (Å²) in [5.74, 6) is -1.38. The first kappa shape index (κ1) is 21.8. The van der Waals surface area contributed by atoms with Gasteiger partial charge in [0, 0.05) is 23.8 Å². The maximum Gasteiger partial charge on any atom is 0.309 e. The number of esters is 1. The summed E-state index contributed by atoms with van der Waals surface area (Å²) in [6.07, 6.45) is 0.719. The summed E-state index contributed by atoms with van der Waals surface area (Å²) in [7, 11) is -3.51. The highest BCUT2D eigenvalue weighted by Crippen LogP contribution is 2.27. The van der Waals surface area contributed by atoms with Gasteiger partial charge in [-0.1, -0.05) is 23.7 Å². The predicted molar refractivity (Wildman–Crippen MR) is 112 cm³/mol. The summed E-state index contributed by atoms with van der Waals surface area (Å²) in [5.41, 5.74) is 1.41. The first-order valence-corrected chi connectivity index (χ1v) is 11.7. The molecule has 2 heterocycles. The minimum Gasteiger partial charge on any atom is -0.455 e.